The van der Waals surface area contributed by atoms with E-state index in [1.807, 2.05) is 0 Å². The quantitative estimate of drug-likeness (QED) is 0.396. The molecule has 0 aromatic heterocycles. The van der Waals surface area contributed by atoms with Crippen LogP contribution in [0.2, 0.25) is 0 Å². The molecule has 9 heavy (non-hydrogen) atoms. The third-order valence-corrected chi connectivity index (χ3v) is 0.465. The van der Waals surface area contributed by atoms with Crippen molar-refractivity contribution in [3.63, 3.8) is 0 Å². The molecule has 0 saturated heterocycles. The van der Waals surface area contributed by atoms with Crippen molar-refractivity contribution in [2.45, 2.75) is 0 Å². The van der Waals surface area contributed by atoms with Crippen molar-refractivity contribution in [1.82, 2.24) is 0 Å². The molecule has 0 unspecified atom stereocenters. The molecule has 0 rings (SSSR count). The standard InChI is InChI=1S/HNO6S.W/c2-1(3)7-8(4,5)6;/h(H,4,5,6);. The van der Waals surface area contributed by atoms with Crippen molar-refractivity contribution in [3.8, 4) is 0 Å². The van der Waals surface area contributed by atoms with Gasteiger partial charge < -0.3 is 0 Å². The van der Waals surface area contributed by atoms with Crippen LogP contribution in [0, 0.1) is 10.1 Å². The maximum Gasteiger partial charge on any atom is 0.429 e. The van der Waals surface area contributed by atoms with Gasteiger partial charge in [0.05, 0.1) is 0 Å². The van der Waals surface area contributed by atoms with Crippen LogP contribution in [0.1, 0.15) is 0 Å². The second kappa shape index (κ2) is 3.75. The van der Waals surface area contributed by atoms with Gasteiger partial charge >= 0.3 is 15.5 Å². The summed E-state index contributed by atoms with van der Waals surface area (Å²) in [7, 11) is -4.92. The van der Waals surface area contributed by atoms with E-state index in [0.29, 0.717) is 0 Å². The van der Waals surface area contributed by atoms with Crippen LogP contribution in [-0.4, -0.2) is 18.1 Å². The van der Waals surface area contributed by atoms with Crippen LogP contribution < -0.4 is 0 Å². The van der Waals surface area contributed by atoms with Gasteiger partial charge in [-0.3, -0.25) is 4.55 Å². The topological polar surface area (TPSA) is 107 Å². The van der Waals surface area contributed by atoms with Crippen molar-refractivity contribution in [2.75, 3.05) is 0 Å². The van der Waals surface area contributed by atoms with E-state index in [2.05, 4.69) is 4.28 Å². The molecule has 9 heteroatoms. The zero-order valence-electron chi connectivity index (χ0n) is 3.75. The second-order valence-electron chi connectivity index (χ2n) is 0.726. The Balaban J connectivity index is 0. The Morgan fingerprint density at radius 2 is 1.89 bits per heavy atom. The molecule has 0 radical (unpaired) electrons. The Hall–Kier alpha value is -0.202. The molecule has 0 aromatic carbocycles. The molecule has 7 nitrogen and oxygen atoms in total. The van der Waals surface area contributed by atoms with Crippen LogP contribution in [0.4, 0.5) is 0 Å². The predicted molar refractivity (Wildman–Crippen MR) is 19.6 cm³/mol. The molecule has 0 atom stereocenters. The van der Waals surface area contributed by atoms with Crippen LogP contribution in [0.5, 0.6) is 0 Å². The molecule has 0 bridgehead atoms. The Morgan fingerprint density at radius 1 is 1.56 bits per heavy atom. The van der Waals surface area contributed by atoms with Crippen molar-refractivity contribution in [2.24, 2.45) is 0 Å². The molecular weight excluding hydrogens is 326 g/mol. The van der Waals surface area contributed by atoms with E-state index in [4.69, 9.17) is 14.7 Å². The van der Waals surface area contributed by atoms with Crippen LogP contribution >= 0.6 is 0 Å². The summed E-state index contributed by atoms with van der Waals surface area (Å²) in [6.45, 7) is 0. The molecule has 54 valence electrons. The van der Waals surface area contributed by atoms with Gasteiger partial charge in [-0.25, -0.2) is 0 Å². The predicted octanol–water partition coefficient (Wildman–Crippen LogP) is -1.00. The van der Waals surface area contributed by atoms with E-state index in [9.17, 15) is 8.42 Å². The largest absolute Gasteiger partial charge is 0.429 e. The Kier molecular flexibility index (Phi) is 4.83. The summed E-state index contributed by atoms with van der Waals surface area (Å²) in [6, 6.07) is 0. The molecule has 1 N–H and O–H groups in total. The number of hydrogen-bond donors (Lipinski definition) is 1. The first-order chi connectivity index (χ1) is 3.42. The molecule has 0 fully saturated rings. The first-order valence-electron chi connectivity index (χ1n) is 1.23. The van der Waals surface area contributed by atoms with Crippen LogP contribution in [0.25, 0.3) is 0 Å². The fourth-order valence-electron chi connectivity index (χ4n) is 0.0769. The van der Waals surface area contributed by atoms with Crippen molar-refractivity contribution in [3.05, 3.63) is 10.1 Å². The Morgan fingerprint density at radius 3 is 1.89 bits per heavy atom. The zero-order valence-corrected chi connectivity index (χ0v) is 7.50. The monoisotopic (exact) mass is 327 g/mol. The van der Waals surface area contributed by atoms with Crippen LogP contribution in [-0.2, 0) is 35.7 Å². The van der Waals surface area contributed by atoms with Gasteiger partial charge in [0.2, 0.25) is 0 Å². The minimum Gasteiger partial charge on any atom is -0.265 e. The van der Waals surface area contributed by atoms with E-state index in [0.717, 1.165) is 0 Å². The number of hydrogen-bond acceptors (Lipinski definition) is 5. The number of nitrogens with zero attached hydrogens (tertiary/aromatic N) is 1. The summed E-state index contributed by atoms with van der Waals surface area (Å²) in [5.41, 5.74) is 0. The summed E-state index contributed by atoms with van der Waals surface area (Å²) in [6.07, 6.45) is 0. The normalized spacial score (nSPS) is 9.44. The third-order valence-electron chi connectivity index (χ3n) is 0.155. The summed E-state index contributed by atoms with van der Waals surface area (Å²) >= 11 is 0. The molecule has 0 aromatic rings. The molecule has 0 amide bonds. The van der Waals surface area contributed by atoms with Gasteiger partial charge in [0.1, 0.15) is 0 Å². The fourth-order valence-corrected chi connectivity index (χ4v) is 0.231. The molecule has 0 saturated carbocycles. The van der Waals surface area contributed by atoms with Crippen LogP contribution in [0.3, 0.4) is 0 Å². The van der Waals surface area contributed by atoms with Crippen molar-refractivity contribution >= 4 is 10.4 Å². The van der Waals surface area contributed by atoms with E-state index >= 15 is 0 Å². The molecule has 0 aliphatic carbocycles. The second-order valence-corrected chi connectivity index (χ2v) is 1.73. The summed E-state index contributed by atoms with van der Waals surface area (Å²) < 4.78 is 28.9. The van der Waals surface area contributed by atoms with Crippen molar-refractivity contribution in [1.29, 1.82) is 0 Å². The van der Waals surface area contributed by atoms with Crippen LogP contribution in [0.15, 0.2) is 0 Å². The van der Waals surface area contributed by atoms with E-state index in [1.165, 1.54) is 0 Å². The maximum absolute atomic E-state index is 9.33. The zero-order chi connectivity index (χ0) is 6.78. The first kappa shape index (κ1) is 11.6. The SMILES string of the molecule is O=[N+]([O-])OS(=O)(=O)O.[W]. The van der Waals surface area contributed by atoms with Gasteiger partial charge in [-0.15, -0.1) is 10.1 Å². The minimum atomic E-state index is -4.92. The molecular formula is HNO6SW. The molecule has 0 aliphatic heterocycles. The van der Waals surface area contributed by atoms with E-state index in [1.54, 1.807) is 0 Å². The molecule has 0 aliphatic rings. The summed E-state index contributed by atoms with van der Waals surface area (Å²) in [5.74, 6) is 0. The minimum absolute atomic E-state index is 0. The molecule has 0 heterocycles. The van der Waals surface area contributed by atoms with Gasteiger partial charge in [0.25, 0.3) is 0 Å². The molecule has 0 spiro atoms. The third kappa shape index (κ3) is 11.4. The average molecular weight is 327 g/mol. The summed E-state index contributed by atoms with van der Waals surface area (Å²) in [4.78, 5) is 9.06. The van der Waals surface area contributed by atoms with Gasteiger partial charge in [-0.2, -0.15) is 12.7 Å². The Labute approximate surface area is 64.3 Å². The first-order valence-corrected chi connectivity index (χ1v) is 2.60. The van der Waals surface area contributed by atoms with E-state index in [-0.39, 0.29) is 21.1 Å². The van der Waals surface area contributed by atoms with E-state index < -0.39 is 15.5 Å². The van der Waals surface area contributed by atoms with Gasteiger partial charge in [0, 0.05) is 21.1 Å². The summed E-state index contributed by atoms with van der Waals surface area (Å²) in [5, 5.41) is 7.43. The maximum atomic E-state index is 9.33. The Bertz CT molecular complexity index is 179. The fraction of sp³-hybridized carbons (Fsp3) is 0. The van der Waals surface area contributed by atoms with Gasteiger partial charge in [0.15, 0.2) is 0 Å². The number of rotatable bonds is 2. The van der Waals surface area contributed by atoms with Gasteiger partial charge in [-0.1, -0.05) is 0 Å². The average Bonchev–Trinajstić information content (AvgIpc) is 1.21. The van der Waals surface area contributed by atoms with Crippen molar-refractivity contribution < 1.29 is 43.4 Å². The smallest absolute Gasteiger partial charge is 0.265 e. The van der Waals surface area contributed by atoms with Gasteiger partial charge in [-0.05, 0) is 0 Å².